The summed E-state index contributed by atoms with van der Waals surface area (Å²) < 4.78 is 28.9. The van der Waals surface area contributed by atoms with Gasteiger partial charge < -0.3 is 28.6 Å². The predicted octanol–water partition coefficient (Wildman–Crippen LogP) is 2.77. The number of halogens is 1. The largest absolute Gasteiger partial charge is 0.447 e. The first kappa shape index (κ1) is 26.2. The fraction of sp³-hybridized carbons (Fsp3) is 0.792. The quantitative estimate of drug-likeness (QED) is 0.298. The highest BCUT2D eigenvalue weighted by molar-refractivity contribution is 6.28. The predicted molar refractivity (Wildman–Crippen MR) is 125 cm³/mol. The molecular formula is C24H35ClN2O8. The van der Waals surface area contributed by atoms with Crippen LogP contribution in [0.15, 0.2) is 11.6 Å². The Balaban J connectivity index is 1.34. The summed E-state index contributed by atoms with van der Waals surface area (Å²) in [6, 6.07) is -0.321. The van der Waals surface area contributed by atoms with Gasteiger partial charge in [-0.25, -0.2) is 9.59 Å². The van der Waals surface area contributed by atoms with Crippen molar-refractivity contribution in [1.29, 1.82) is 0 Å². The Morgan fingerprint density at radius 2 is 2.03 bits per heavy atom. The van der Waals surface area contributed by atoms with Crippen LogP contribution < -0.4 is 5.32 Å². The van der Waals surface area contributed by atoms with Gasteiger partial charge in [0.1, 0.15) is 24.7 Å². The van der Waals surface area contributed by atoms with E-state index in [-0.39, 0.29) is 48.4 Å². The summed E-state index contributed by atoms with van der Waals surface area (Å²) in [6.07, 6.45) is 3.94. The number of likely N-dealkylation sites (tertiary alicyclic amines) is 1. The SMILES string of the molecule is COC1C(OC(=O)N2CCC[C@H]2COC(=O)NC(=O)CCl)CCC2(CO2)C1C1O[C@@H]1CC=C(C)C. The third kappa shape index (κ3) is 6.10. The van der Waals surface area contributed by atoms with E-state index < -0.39 is 24.2 Å². The first-order valence-corrected chi connectivity index (χ1v) is 12.8. The van der Waals surface area contributed by atoms with E-state index in [1.807, 2.05) is 5.32 Å². The van der Waals surface area contributed by atoms with Gasteiger partial charge in [-0.05, 0) is 46.0 Å². The summed E-state index contributed by atoms with van der Waals surface area (Å²) in [5.74, 6) is -0.985. The Hall–Kier alpha value is -1.88. The van der Waals surface area contributed by atoms with E-state index in [0.29, 0.717) is 26.0 Å². The molecule has 10 nitrogen and oxygen atoms in total. The zero-order valence-corrected chi connectivity index (χ0v) is 21.3. The lowest BCUT2D eigenvalue weighted by Crippen LogP contribution is -2.53. The van der Waals surface area contributed by atoms with Gasteiger partial charge in [0, 0.05) is 19.6 Å². The van der Waals surface area contributed by atoms with Crippen molar-refractivity contribution < 1.29 is 38.1 Å². The van der Waals surface area contributed by atoms with Crippen molar-refractivity contribution in [3.8, 4) is 0 Å². The molecule has 3 aliphatic heterocycles. The molecule has 11 heteroatoms. The molecule has 3 amide bonds. The number of nitrogens with zero attached hydrogens (tertiary/aromatic N) is 1. The van der Waals surface area contributed by atoms with Crippen molar-refractivity contribution in [3.05, 3.63) is 11.6 Å². The van der Waals surface area contributed by atoms with E-state index in [9.17, 15) is 14.4 Å². The molecule has 4 fully saturated rings. The van der Waals surface area contributed by atoms with Crippen molar-refractivity contribution in [2.75, 3.05) is 32.7 Å². The Morgan fingerprint density at radius 1 is 1.26 bits per heavy atom. The number of ether oxygens (including phenoxy) is 5. The summed E-state index contributed by atoms with van der Waals surface area (Å²) in [7, 11) is 1.64. The van der Waals surface area contributed by atoms with Crippen molar-refractivity contribution in [2.24, 2.45) is 5.92 Å². The van der Waals surface area contributed by atoms with E-state index in [1.165, 1.54) is 5.57 Å². The number of imide groups is 1. The summed E-state index contributed by atoms with van der Waals surface area (Å²) in [4.78, 5) is 37.7. The Kier molecular flexibility index (Phi) is 8.25. The Morgan fingerprint density at radius 3 is 2.69 bits per heavy atom. The number of alkyl halides is 1. The van der Waals surface area contributed by atoms with Gasteiger partial charge in [0.2, 0.25) is 5.91 Å². The molecule has 1 spiro atoms. The lowest BCUT2D eigenvalue weighted by atomic mass is 9.73. The number of carbonyl (C=O) groups is 3. The van der Waals surface area contributed by atoms with Crippen molar-refractivity contribution in [1.82, 2.24) is 10.2 Å². The highest BCUT2D eigenvalue weighted by Crippen LogP contribution is 2.54. The molecule has 0 bridgehead atoms. The van der Waals surface area contributed by atoms with Crippen molar-refractivity contribution in [2.45, 2.75) is 82.0 Å². The fourth-order valence-electron chi connectivity index (χ4n) is 5.40. The average molecular weight is 515 g/mol. The summed E-state index contributed by atoms with van der Waals surface area (Å²) >= 11 is 5.38. The van der Waals surface area contributed by atoms with Gasteiger partial charge in [-0.1, -0.05) is 11.6 Å². The molecule has 5 unspecified atom stereocenters. The second kappa shape index (κ2) is 11.0. The van der Waals surface area contributed by atoms with Crippen LogP contribution in [0, 0.1) is 5.92 Å². The first-order valence-electron chi connectivity index (χ1n) is 12.2. The van der Waals surface area contributed by atoms with Gasteiger partial charge >= 0.3 is 12.2 Å². The highest BCUT2D eigenvalue weighted by atomic mass is 35.5. The Bertz CT molecular complexity index is 843. The minimum absolute atomic E-state index is 0.00418. The fourth-order valence-corrected chi connectivity index (χ4v) is 5.47. The first-order chi connectivity index (χ1) is 16.8. The van der Waals surface area contributed by atoms with E-state index in [1.54, 1.807) is 12.0 Å². The number of allylic oxidation sites excluding steroid dienone is 1. The molecule has 0 radical (unpaired) electrons. The number of epoxide rings is 2. The standard InChI is InChI=1S/C24H35ClN2O8/c1-14(2)6-7-16-21(34-16)19-20(31-3)17(8-9-24(19)13-33-24)35-23(30)27-10-4-5-15(27)12-32-22(29)26-18(28)11-25/h6,15-17,19-21H,4-5,7-13H2,1-3H3,(H,26,28,29)/t15-,16+,17?,19?,20?,21?,24?/m0/s1. The van der Waals surface area contributed by atoms with Crippen LogP contribution in [0.3, 0.4) is 0 Å². The van der Waals surface area contributed by atoms with E-state index in [2.05, 4.69) is 19.9 Å². The van der Waals surface area contributed by atoms with Crippen LogP contribution in [0.2, 0.25) is 0 Å². The topological polar surface area (TPSA) is 119 Å². The molecule has 4 aliphatic rings. The molecule has 4 rings (SSSR count). The number of methoxy groups -OCH3 is 1. The Labute approximate surface area is 210 Å². The second-order valence-electron chi connectivity index (χ2n) is 9.97. The molecule has 7 atom stereocenters. The lowest BCUT2D eigenvalue weighted by Gasteiger charge is -2.40. The summed E-state index contributed by atoms with van der Waals surface area (Å²) in [5.41, 5.74) is 0.994. The van der Waals surface area contributed by atoms with Crippen LogP contribution in [-0.2, 0) is 28.5 Å². The monoisotopic (exact) mass is 514 g/mol. The molecule has 0 aromatic carbocycles. The summed E-state index contributed by atoms with van der Waals surface area (Å²) in [6.45, 7) is 5.29. The van der Waals surface area contributed by atoms with Crippen LogP contribution in [-0.4, -0.2) is 91.8 Å². The van der Waals surface area contributed by atoms with E-state index in [0.717, 1.165) is 19.3 Å². The third-order valence-corrected chi connectivity index (χ3v) is 7.58. The number of carbonyl (C=O) groups excluding carboxylic acids is 3. The summed E-state index contributed by atoms with van der Waals surface area (Å²) in [5, 5.41) is 2.02. The highest BCUT2D eigenvalue weighted by Gasteiger charge is 2.66. The number of hydrogen-bond donors (Lipinski definition) is 1. The van der Waals surface area contributed by atoms with Gasteiger partial charge in [0.05, 0.1) is 30.5 Å². The molecule has 1 N–H and O–H groups in total. The van der Waals surface area contributed by atoms with Crippen LogP contribution in [0.4, 0.5) is 9.59 Å². The molecule has 0 aromatic rings. The van der Waals surface area contributed by atoms with Crippen molar-refractivity contribution >= 4 is 29.7 Å². The second-order valence-corrected chi connectivity index (χ2v) is 10.2. The van der Waals surface area contributed by atoms with Gasteiger partial charge in [-0.2, -0.15) is 0 Å². The number of hydrogen-bond acceptors (Lipinski definition) is 8. The van der Waals surface area contributed by atoms with Gasteiger partial charge in [0.25, 0.3) is 0 Å². The van der Waals surface area contributed by atoms with Gasteiger partial charge in [-0.15, -0.1) is 11.6 Å². The average Bonchev–Trinajstić information content (AvgIpc) is 3.73. The minimum Gasteiger partial charge on any atom is -0.447 e. The number of rotatable bonds is 8. The van der Waals surface area contributed by atoms with E-state index >= 15 is 0 Å². The van der Waals surface area contributed by atoms with Crippen LogP contribution in [0.25, 0.3) is 0 Å². The lowest BCUT2D eigenvalue weighted by molar-refractivity contribution is -0.118. The van der Waals surface area contributed by atoms with Gasteiger partial charge in [-0.3, -0.25) is 10.1 Å². The smallest absolute Gasteiger partial charge is 0.413 e. The zero-order chi connectivity index (χ0) is 25.2. The number of alkyl carbamates (subject to hydrolysis) is 1. The minimum atomic E-state index is -0.882. The van der Waals surface area contributed by atoms with Gasteiger partial charge in [0.15, 0.2) is 0 Å². The molecule has 196 valence electrons. The normalized spacial score (nSPS) is 35.4. The van der Waals surface area contributed by atoms with Crippen LogP contribution in [0.1, 0.15) is 46.0 Å². The van der Waals surface area contributed by atoms with E-state index in [4.69, 9.17) is 35.3 Å². The molecular weight excluding hydrogens is 480 g/mol. The van der Waals surface area contributed by atoms with Crippen LogP contribution >= 0.6 is 11.6 Å². The number of amides is 3. The molecule has 0 aromatic heterocycles. The maximum absolute atomic E-state index is 13.1. The van der Waals surface area contributed by atoms with Crippen molar-refractivity contribution in [3.63, 3.8) is 0 Å². The maximum Gasteiger partial charge on any atom is 0.413 e. The van der Waals surface area contributed by atoms with Crippen LogP contribution in [0.5, 0.6) is 0 Å². The number of nitrogens with one attached hydrogen (secondary N) is 1. The molecule has 1 aliphatic carbocycles. The maximum atomic E-state index is 13.1. The molecule has 35 heavy (non-hydrogen) atoms. The zero-order valence-electron chi connectivity index (χ0n) is 20.5. The molecule has 3 heterocycles. The molecule has 3 saturated heterocycles. The third-order valence-electron chi connectivity index (χ3n) is 7.33. The molecule has 1 saturated carbocycles.